The van der Waals surface area contributed by atoms with E-state index in [1.807, 2.05) is 27.7 Å². The number of carboxylic acids is 1. The van der Waals surface area contributed by atoms with E-state index in [9.17, 15) is 9.59 Å². The van der Waals surface area contributed by atoms with Crippen LogP contribution in [0.25, 0.3) is 0 Å². The fourth-order valence-electron chi connectivity index (χ4n) is 2.13. The molecule has 2 N–H and O–H groups in total. The zero-order valence-corrected chi connectivity index (χ0v) is 13.7. The van der Waals surface area contributed by atoms with Gasteiger partial charge < -0.3 is 11.3 Å². The number of fused-ring (bicyclic) bond motifs is 1. The Morgan fingerprint density at radius 1 is 1.48 bits per heavy atom. The monoisotopic (exact) mass is 306 g/mol. The van der Waals surface area contributed by atoms with Gasteiger partial charge in [-0.2, -0.15) is 0 Å². The molecule has 112 valence electrons. The van der Waals surface area contributed by atoms with Crippen molar-refractivity contribution in [3.63, 3.8) is 0 Å². The van der Waals surface area contributed by atoms with Gasteiger partial charge in [0.25, 0.3) is 0 Å². The molecule has 0 radical (unpaired) electrons. The van der Waals surface area contributed by atoms with E-state index in [0.29, 0.717) is 12.2 Å². The molecule has 2 rings (SSSR count). The number of esters is 1. The number of ether oxygens (including phenoxy) is 1. The molecule has 8 heteroatoms. The first-order chi connectivity index (χ1) is 9.19. The standard InChI is InChI=1S/C13H18N2O4S.Li.H/c1-6-8-7(20-10(15-8)11(16)17)5-14-9(6)12(18)19-13(2,3)4;;/h6,9,14H,5H2,1-4H3,(H,16,17);;/q;+1;-1. The molecule has 0 aromatic carbocycles. The van der Waals surface area contributed by atoms with Crippen LogP contribution < -0.4 is 24.2 Å². The Bertz CT molecular complexity index is 559. The first-order valence-electron chi connectivity index (χ1n) is 6.38. The zero-order valence-electron chi connectivity index (χ0n) is 13.9. The Labute approximate surface area is 140 Å². The van der Waals surface area contributed by atoms with E-state index in [2.05, 4.69) is 10.3 Å². The van der Waals surface area contributed by atoms with Crippen LogP contribution in [0.2, 0.25) is 0 Å². The minimum Gasteiger partial charge on any atom is -1.00 e. The van der Waals surface area contributed by atoms with E-state index in [-0.39, 0.29) is 37.2 Å². The predicted octanol–water partition coefficient (Wildman–Crippen LogP) is -1.13. The van der Waals surface area contributed by atoms with Crippen molar-refractivity contribution in [3.05, 3.63) is 15.6 Å². The van der Waals surface area contributed by atoms with Crippen LogP contribution >= 0.6 is 11.3 Å². The van der Waals surface area contributed by atoms with Crippen LogP contribution in [0.4, 0.5) is 0 Å². The second-order valence-corrected chi connectivity index (χ2v) is 6.90. The number of hydrogen-bond acceptors (Lipinski definition) is 6. The number of carbonyl (C=O) groups excluding carboxylic acids is 1. The van der Waals surface area contributed by atoms with Gasteiger partial charge in [-0.05, 0) is 20.8 Å². The Hall–Kier alpha value is -0.873. The van der Waals surface area contributed by atoms with Gasteiger partial charge in [-0.25, -0.2) is 9.78 Å². The summed E-state index contributed by atoms with van der Waals surface area (Å²) >= 11 is 1.15. The van der Waals surface area contributed by atoms with Gasteiger partial charge in [-0.15, -0.1) is 11.3 Å². The third kappa shape index (κ3) is 4.07. The average molecular weight is 306 g/mol. The van der Waals surface area contributed by atoms with Crippen LogP contribution in [-0.2, 0) is 16.1 Å². The molecule has 0 saturated carbocycles. The van der Waals surface area contributed by atoms with E-state index in [1.54, 1.807) is 0 Å². The summed E-state index contributed by atoms with van der Waals surface area (Å²) in [6.07, 6.45) is 0. The fraction of sp³-hybridized carbons (Fsp3) is 0.615. The molecule has 0 bridgehead atoms. The molecule has 0 fully saturated rings. The van der Waals surface area contributed by atoms with E-state index >= 15 is 0 Å². The smallest absolute Gasteiger partial charge is 1.00 e. The molecule has 6 nitrogen and oxygen atoms in total. The minimum atomic E-state index is -1.04. The number of nitrogens with zero attached hydrogens (tertiary/aromatic N) is 1. The van der Waals surface area contributed by atoms with Crippen LogP contribution in [0.15, 0.2) is 0 Å². The summed E-state index contributed by atoms with van der Waals surface area (Å²) < 4.78 is 5.37. The predicted molar refractivity (Wildman–Crippen MR) is 75.1 cm³/mol. The Morgan fingerprint density at radius 2 is 2.10 bits per heavy atom. The third-order valence-electron chi connectivity index (χ3n) is 2.99. The quantitative estimate of drug-likeness (QED) is 0.531. The molecule has 1 aromatic heterocycles. The molecule has 0 saturated heterocycles. The molecular formula is C13H19LiN2O4S. The Morgan fingerprint density at radius 3 is 2.62 bits per heavy atom. The van der Waals surface area contributed by atoms with Crippen molar-refractivity contribution >= 4 is 23.3 Å². The van der Waals surface area contributed by atoms with Crippen LogP contribution in [-0.4, -0.2) is 33.7 Å². The maximum atomic E-state index is 12.1. The van der Waals surface area contributed by atoms with Crippen molar-refractivity contribution in [1.29, 1.82) is 0 Å². The normalized spacial score (nSPS) is 21.1. The molecule has 2 heterocycles. The van der Waals surface area contributed by atoms with Crippen LogP contribution in [0.5, 0.6) is 0 Å². The van der Waals surface area contributed by atoms with Gasteiger partial charge in [0.2, 0.25) is 5.01 Å². The number of aromatic carboxylic acids is 1. The number of carbonyl (C=O) groups is 2. The molecule has 1 aliphatic rings. The molecule has 0 amide bonds. The SMILES string of the molecule is CC1c2nc(C(=O)O)sc2CNC1C(=O)OC(C)(C)C.[H-].[Li+]. The van der Waals surface area contributed by atoms with Gasteiger partial charge in [-0.1, -0.05) is 6.92 Å². The molecule has 2 unspecified atom stereocenters. The van der Waals surface area contributed by atoms with Crippen molar-refractivity contribution in [2.24, 2.45) is 0 Å². The average Bonchev–Trinajstić information content (AvgIpc) is 2.71. The van der Waals surface area contributed by atoms with Gasteiger partial charge in [0.05, 0.1) is 5.69 Å². The summed E-state index contributed by atoms with van der Waals surface area (Å²) in [7, 11) is 0. The van der Waals surface area contributed by atoms with Gasteiger partial charge in [0, 0.05) is 17.3 Å². The summed E-state index contributed by atoms with van der Waals surface area (Å²) in [5, 5.41) is 12.2. The topological polar surface area (TPSA) is 88.5 Å². The van der Waals surface area contributed by atoms with Crippen molar-refractivity contribution < 1.29 is 39.7 Å². The number of hydrogen-bond donors (Lipinski definition) is 2. The minimum absolute atomic E-state index is 0. The van der Waals surface area contributed by atoms with Crippen LogP contribution in [0.3, 0.4) is 0 Å². The maximum Gasteiger partial charge on any atom is 1.00 e. The Balaban J connectivity index is 0.00000220. The number of nitrogens with one attached hydrogen (secondary N) is 1. The van der Waals surface area contributed by atoms with Gasteiger partial charge in [0.1, 0.15) is 11.6 Å². The van der Waals surface area contributed by atoms with E-state index in [4.69, 9.17) is 9.84 Å². The number of aromatic nitrogens is 1. The van der Waals surface area contributed by atoms with Crippen LogP contribution in [0.1, 0.15) is 55.4 Å². The van der Waals surface area contributed by atoms with Crippen molar-refractivity contribution in [1.82, 2.24) is 10.3 Å². The second-order valence-electron chi connectivity index (χ2n) is 5.81. The van der Waals surface area contributed by atoms with Gasteiger partial charge in [-0.3, -0.25) is 10.1 Å². The molecule has 21 heavy (non-hydrogen) atoms. The molecule has 1 aromatic rings. The summed E-state index contributed by atoms with van der Waals surface area (Å²) in [5.74, 6) is -1.58. The summed E-state index contributed by atoms with van der Waals surface area (Å²) in [4.78, 5) is 28.1. The third-order valence-corrected chi connectivity index (χ3v) is 4.04. The zero-order chi connectivity index (χ0) is 15.1. The second kappa shape index (κ2) is 6.49. The molecule has 0 aliphatic carbocycles. The summed E-state index contributed by atoms with van der Waals surface area (Å²) in [6, 6.07) is -0.495. The number of rotatable bonds is 2. The van der Waals surface area contributed by atoms with Crippen LogP contribution in [0, 0.1) is 0 Å². The van der Waals surface area contributed by atoms with Gasteiger partial charge in [0.15, 0.2) is 0 Å². The first kappa shape index (κ1) is 18.2. The number of thiazole rings is 1. The van der Waals surface area contributed by atoms with Crippen molar-refractivity contribution in [3.8, 4) is 0 Å². The molecule has 2 atom stereocenters. The van der Waals surface area contributed by atoms with E-state index in [0.717, 1.165) is 16.2 Å². The molecular weight excluding hydrogens is 287 g/mol. The first-order valence-corrected chi connectivity index (χ1v) is 7.20. The van der Waals surface area contributed by atoms with E-state index < -0.39 is 17.6 Å². The van der Waals surface area contributed by atoms with Gasteiger partial charge >= 0.3 is 30.8 Å². The van der Waals surface area contributed by atoms with Crippen molar-refractivity contribution in [2.75, 3.05) is 0 Å². The molecule has 1 aliphatic heterocycles. The Kier molecular flexibility index (Phi) is 5.61. The summed E-state index contributed by atoms with van der Waals surface area (Å²) in [5.41, 5.74) is 0.134. The largest absolute Gasteiger partial charge is 1.00 e. The van der Waals surface area contributed by atoms with Crippen molar-refractivity contribution in [2.45, 2.75) is 51.8 Å². The maximum absolute atomic E-state index is 12.1. The fourth-order valence-corrected chi connectivity index (χ4v) is 3.08. The number of carboxylic acid groups (broad SMARTS) is 1. The van der Waals surface area contributed by atoms with E-state index in [1.165, 1.54) is 0 Å². The molecule has 0 spiro atoms. The summed E-state index contributed by atoms with van der Waals surface area (Å²) in [6.45, 7) is 7.74.